The molecule has 1 unspecified atom stereocenters. The van der Waals surface area contributed by atoms with Gasteiger partial charge < -0.3 is 19.4 Å². The van der Waals surface area contributed by atoms with Crippen molar-refractivity contribution in [2.24, 2.45) is 0 Å². The molecule has 126 valence electrons. The highest BCUT2D eigenvalue weighted by Crippen LogP contribution is 2.23. The summed E-state index contributed by atoms with van der Waals surface area (Å²) in [4.78, 5) is 28.8. The van der Waals surface area contributed by atoms with Crippen LogP contribution < -0.4 is 10.2 Å². The van der Waals surface area contributed by atoms with E-state index in [4.69, 9.17) is 9.47 Å². The van der Waals surface area contributed by atoms with Gasteiger partial charge in [0.15, 0.2) is 5.75 Å². The van der Waals surface area contributed by atoms with Crippen molar-refractivity contribution in [3.05, 3.63) is 63.8 Å². The Bertz CT molecular complexity index is 788. The molecule has 1 aromatic carbocycles. The first kappa shape index (κ1) is 16.2. The Labute approximate surface area is 137 Å². The average molecular weight is 332 g/mol. The second-order valence-corrected chi connectivity index (χ2v) is 5.44. The van der Waals surface area contributed by atoms with E-state index in [2.05, 4.69) is 4.98 Å². The van der Waals surface area contributed by atoms with Gasteiger partial charge in [-0.3, -0.25) is 9.59 Å². The molecule has 0 radical (unpaired) electrons. The summed E-state index contributed by atoms with van der Waals surface area (Å²) in [6, 6.07) is 7.23. The van der Waals surface area contributed by atoms with E-state index in [0.29, 0.717) is 19.7 Å². The molecule has 6 nitrogen and oxygen atoms in total. The normalized spacial score (nSPS) is 17.6. The van der Waals surface area contributed by atoms with Crippen LogP contribution in [0.1, 0.15) is 22.2 Å². The molecule has 1 aromatic heterocycles. The smallest absolute Gasteiger partial charge is 0.270 e. The molecular formula is C17H17FN2O4. The Balaban J connectivity index is 1.76. The zero-order valence-corrected chi connectivity index (χ0v) is 13.1. The van der Waals surface area contributed by atoms with Gasteiger partial charge in [-0.1, -0.05) is 12.1 Å². The van der Waals surface area contributed by atoms with Crippen LogP contribution in [0.5, 0.6) is 5.75 Å². The predicted octanol–water partition coefficient (Wildman–Crippen LogP) is 1.74. The number of pyridine rings is 1. The van der Waals surface area contributed by atoms with E-state index in [-0.39, 0.29) is 34.7 Å². The molecule has 24 heavy (non-hydrogen) atoms. The first-order valence-corrected chi connectivity index (χ1v) is 7.51. The molecule has 2 heterocycles. The Morgan fingerprint density at radius 3 is 2.79 bits per heavy atom. The Morgan fingerprint density at radius 2 is 2.12 bits per heavy atom. The van der Waals surface area contributed by atoms with Crippen molar-refractivity contribution >= 4 is 5.91 Å². The van der Waals surface area contributed by atoms with Crippen LogP contribution in [0.15, 0.2) is 41.3 Å². The molecule has 7 heteroatoms. The zero-order chi connectivity index (χ0) is 17.1. The van der Waals surface area contributed by atoms with Crippen molar-refractivity contribution in [2.75, 3.05) is 26.8 Å². The van der Waals surface area contributed by atoms with Crippen LogP contribution in [-0.2, 0) is 4.74 Å². The van der Waals surface area contributed by atoms with Gasteiger partial charge in [-0.2, -0.15) is 0 Å². The number of carbonyl (C=O) groups excluding carboxylic acids is 1. The van der Waals surface area contributed by atoms with E-state index >= 15 is 0 Å². The summed E-state index contributed by atoms with van der Waals surface area (Å²) in [5.74, 6) is -0.457. The molecule has 0 bridgehead atoms. The van der Waals surface area contributed by atoms with Crippen molar-refractivity contribution in [3.63, 3.8) is 0 Å². The van der Waals surface area contributed by atoms with Crippen LogP contribution >= 0.6 is 0 Å². The summed E-state index contributed by atoms with van der Waals surface area (Å²) < 4.78 is 23.6. The lowest BCUT2D eigenvalue weighted by Crippen LogP contribution is -2.42. The Kier molecular flexibility index (Phi) is 4.61. The number of carbonyl (C=O) groups is 1. The van der Waals surface area contributed by atoms with Crippen LogP contribution in [0.2, 0.25) is 0 Å². The van der Waals surface area contributed by atoms with E-state index < -0.39 is 0 Å². The van der Waals surface area contributed by atoms with E-state index in [1.807, 2.05) is 0 Å². The number of rotatable bonds is 3. The maximum atomic E-state index is 13.0. The number of halogens is 1. The van der Waals surface area contributed by atoms with Crippen LogP contribution in [0.4, 0.5) is 4.39 Å². The number of nitrogens with one attached hydrogen (secondary N) is 1. The summed E-state index contributed by atoms with van der Waals surface area (Å²) in [6.45, 7) is 1.12. The number of amides is 1. The van der Waals surface area contributed by atoms with E-state index in [0.717, 1.165) is 5.56 Å². The summed E-state index contributed by atoms with van der Waals surface area (Å²) >= 11 is 0. The number of nitrogens with zero attached hydrogens (tertiary/aromatic N) is 1. The minimum Gasteiger partial charge on any atom is -0.491 e. The molecule has 1 aliphatic heterocycles. The highest BCUT2D eigenvalue weighted by atomic mass is 19.1. The molecule has 3 rings (SSSR count). The molecule has 1 amide bonds. The standard InChI is InChI=1S/C17H17FN2O4/c1-23-15-9-19-13(8-14(15)21)17(22)20-6-7-24-16(10-20)11-2-4-12(18)5-3-11/h2-5,8-9,16H,6-7,10H2,1H3,(H,19,21). The van der Waals surface area contributed by atoms with E-state index in [1.54, 1.807) is 17.0 Å². The number of benzene rings is 1. The lowest BCUT2D eigenvalue weighted by atomic mass is 10.1. The van der Waals surface area contributed by atoms with Crippen molar-refractivity contribution in [3.8, 4) is 5.75 Å². The zero-order valence-electron chi connectivity index (χ0n) is 13.1. The highest BCUT2D eigenvalue weighted by Gasteiger charge is 2.26. The van der Waals surface area contributed by atoms with Gasteiger partial charge in [-0.25, -0.2) is 4.39 Å². The first-order chi connectivity index (χ1) is 11.6. The van der Waals surface area contributed by atoms with Crippen LogP contribution in [-0.4, -0.2) is 42.6 Å². The quantitative estimate of drug-likeness (QED) is 0.929. The first-order valence-electron chi connectivity index (χ1n) is 7.51. The van der Waals surface area contributed by atoms with Gasteiger partial charge in [0.05, 0.1) is 20.3 Å². The number of aromatic nitrogens is 1. The van der Waals surface area contributed by atoms with Gasteiger partial charge in [-0.15, -0.1) is 0 Å². The van der Waals surface area contributed by atoms with Crippen molar-refractivity contribution in [2.45, 2.75) is 6.10 Å². The predicted molar refractivity (Wildman–Crippen MR) is 84.6 cm³/mol. The van der Waals surface area contributed by atoms with Gasteiger partial charge in [0, 0.05) is 18.8 Å². The number of morpholine rings is 1. The third-order valence-electron chi connectivity index (χ3n) is 3.92. The highest BCUT2D eigenvalue weighted by molar-refractivity contribution is 5.92. The monoisotopic (exact) mass is 332 g/mol. The van der Waals surface area contributed by atoms with Crippen LogP contribution in [0, 0.1) is 5.82 Å². The van der Waals surface area contributed by atoms with Gasteiger partial charge >= 0.3 is 0 Å². The summed E-state index contributed by atoms with van der Waals surface area (Å²) in [6.07, 6.45) is 1.04. The minimum absolute atomic E-state index is 0.151. The average Bonchev–Trinajstić information content (AvgIpc) is 2.61. The number of H-pyrrole nitrogens is 1. The minimum atomic E-state index is -0.358. The number of aromatic amines is 1. The molecule has 0 aliphatic carbocycles. The summed E-state index contributed by atoms with van der Waals surface area (Å²) in [7, 11) is 1.39. The molecule has 1 fully saturated rings. The molecule has 1 atom stereocenters. The van der Waals surface area contributed by atoms with Gasteiger partial charge in [0.25, 0.3) is 5.91 Å². The fourth-order valence-electron chi connectivity index (χ4n) is 2.62. The Hall–Kier alpha value is -2.67. The molecule has 0 spiro atoms. The molecule has 0 saturated carbocycles. The fraction of sp³-hybridized carbons (Fsp3) is 0.294. The van der Waals surface area contributed by atoms with Crippen molar-refractivity contribution < 1.29 is 18.7 Å². The van der Waals surface area contributed by atoms with E-state index in [1.165, 1.54) is 31.5 Å². The number of hydrogen-bond acceptors (Lipinski definition) is 4. The molecular weight excluding hydrogens is 315 g/mol. The number of ether oxygens (including phenoxy) is 2. The third-order valence-corrected chi connectivity index (χ3v) is 3.92. The van der Waals surface area contributed by atoms with Crippen molar-refractivity contribution in [1.29, 1.82) is 0 Å². The third kappa shape index (κ3) is 3.30. The molecule has 1 N–H and O–H groups in total. The number of hydrogen-bond donors (Lipinski definition) is 1. The molecule has 2 aromatic rings. The summed E-state index contributed by atoms with van der Waals surface area (Å²) in [5.41, 5.74) is 0.639. The lowest BCUT2D eigenvalue weighted by Gasteiger charge is -2.33. The topological polar surface area (TPSA) is 71.6 Å². The lowest BCUT2D eigenvalue weighted by molar-refractivity contribution is -0.0230. The van der Waals surface area contributed by atoms with Crippen molar-refractivity contribution in [1.82, 2.24) is 9.88 Å². The van der Waals surface area contributed by atoms with Crippen LogP contribution in [0.3, 0.4) is 0 Å². The van der Waals surface area contributed by atoms with Crippen LogP contribution in [0.25, 0.3) is 0 Å². The van der Waals surface area contributed by atoms with Gasteiger partial charge in [0.2, 0.25) is 5.43 Å². The molecule has 1 saturated heterocycles. The second kappa shape index (κ2) is 6.84. The maximum Gasteiger partial charge on any atom is 0.270 e. The van der Waals surface area contributed by atoms with E-state index in [9.17, 15) is 14.0 Å². The largest absolute Gasteiger partial charge is 0.491 e. The SMILES string of the molecule is COc1c[nH]c(C(=O)N2CCOC(c3ccc(F)cc3)C2)cc1=O. The van der Waals surface area contributed by atoms with Gasteiger partial charge in [0.1, 0.15) is 17.6 Å². The fourth-order valence-corrected chi connectivity index (χ4v) is 2.62. The number of methoxy groups -OCH3 is 1. The molecule has 1 aliphatic rings. The maximum absolute atomic E-state index is 13.0. The van der Waals surface area contributed by atoms with Gasteiger partial charge in [-0.05, 0) is 17.7 Å². The second-order valence-electron chi connectivity index (χ2n) is 5.44. The Morgan fingerprint density at radius 1 is 1.38 bits per heavy atom. The summed E-state index contributed by atoms with van der Waals surface area (Å²) in [5, 5.41) is 0.